The third kappa shape index (κ3) is 5.51. The number of ether oxygens (including phenoxy) is 5. The van der Waals surface area contributed by atoms with Crippen molar-refractivity contribution in [2.75, 3.05) is 45.9 Å². The van der Waals surface area contributed by atoms with E-state index in [1.807, 2.05) is 6.92 Å². The largest absolute Gasteiger partial charge is 0.494 e. The Hall–Kier alpha value is -3.33. The van der Waals surface area contributed by atoms with Crippen LogP contribution in [0.3, 0.4) is 0 Å². The lowest BCUT2D eigenvalue weighted by molar-refractivity contribution is -0.0941. The van der Waals surface area contributed by atoms with E-state index in [4.69, 9.17) is 23.7 Å². The molecule has 0 amide bonds. The predicted octanol–water partition coefficient (Wildman–Crippen LogP) is 1.99. The SMILES string of the molecule is COc1cccc(OC)c1-n1c(NS(=O)(=O)C(C)C(OC)c2ncc(C)cn2)nnc1[C@@H]1COCCO1. The second kappa shape index (κ2) is 11.4. The minimum Gasteiger partial charge on any atom is -0.494 e. The molecule has 0 radical (unpaired) electrons. The molecule has 2 aromatic heterocycles. The van der Waals surface area contributed by atoms with Crippen molar-refractivity contribution in [2.24, 2.45) is 0 Å². The Kier molecular flexibility index (Phi) is 8.22. The minimum absolute atomic E-state index is 0.0847. The fraction of sp³-hybridized carbons (Fsp3) is 0.478. The average Bonchev–Trinajstić information content (AvgIpc) is 3.32. The fourth-order valence-electron chi connectivity index (χ4n) is 3.92. The summed E-state index contributed by atoms with van der Waals surface area (Å²) < 4.78 is 59.2. The van der Waals surface area contributed by atoms with Gasteiger partial charge >= 0.3 is 0 Å². The molecule has 3 atom stereocenters. The Morgan fingerprint density at radius 3 is 2.32 bits per heavy atom. The summed E-state index contributed by atoms with van der Waals surface area (Å²) >= 11 is 0. The van der Waals surface area contributed by atoms with Gasteiger partial charge in [0.05, 0.1) is 34.0 Å². The summed E-state index contributed by atoms with van der Waals surface area (Å²) in [5, 5.41) is 7.32. The maximum Gasteiger partial charge on any atom is 0.243 e. The maximum absolute atomic E-state index is 13.6. The van der Waals surface area contributed by atoms with Crippen molar-refractivity contribution >= 4 is 16.0 Å². The zero-order valence-electron chi connectivity index (χ0n) is 21.2. The van der Waals surface area contributed by atoms with E-state index in [-0.39, 0.29) is 18.4 Å². The molecule has 0 aliphatic carbocycles. The van der Waals surface area contributed by atoms with E-state index in [1.54, 1.807) is 30.6 Å². The first-order valence-corrected chi connectivity index (χ1v) is 13.0. The van der Waals surface area contributed by atoms with Crippen LogP contribution in [0.5, 0.6) is 11.5 Å². The quantitative estimate of drug-likeness (QED) is 0.407. The third-order valence-electron chi connectivity index (χ3n) is 5.88. The highest BCUT2D eigenvalue weighted by atomic mass is 32.2. The van der Waals surface area contributed by atoms with Gasteiger partial charge < -0.3 is 23.7 Å². The molecule has 37 heavy (non-hydrogen) atoms. The number of para-hydroxylation sites is 1. The number of aryl methyl sites for hydroxylation is 1. The van der Waals surface area contributed by atoms with Crippen LogP contribution in [-0.4, -0.2) is 79.6 Å². The topological polar surface area (TPSA) is 149 Å². The second-order valence-electron chi connectivity index (χ2n) is 8.29. The van der Waals surface area contributed by atoms with Gasteiger partial charge in [0, 0.05) is 19.5 Å². The maximum atomic E-state index is 13.6. The standard InChI is InChI=1S/C23H30N6O7S/c1-14-11-24-21(25-12-14)20(34-5)15(2)37(30,31)28-23-27-26-22(18-13-35-9-10-36-18)29(23)19-16(32-3)7-6-8-17(19)33-4/h6-8,11-12,15,18,20H,9-10,13H2,1-5H3,(H,27,28)/t15?,18-,20?/m0/s1. The second-order valence-corrected chi connectivity index (χ2v) is 10.3. The van der Waals surface area contributed by atoms with Crippen LogP contribution >= 0.6 is 0 Å². The zero-order valence-corrected chi connectivity index (χ0v) is 22.1. The van der Waals surface area contributed by atoms with E-state index in [9.17, 15) is 8.42 Å². The number of aromatic nitrogens is 5. The van der Waals surface area contributed by atoms with Crippen molar-refractivity contribution in [1.82, 2.24) is 24.7 Å². The summed E-state index contributed by atoms with van der Waals surface area (Å²) in [5.74, 6) is 1.30. The molecular weight excluding hydrogens is 504 g/mol. The van der Waals surface area contributed by atoms with E-state index >= 15 is 0 Å². The summed E-state index contributed by atoms with van der Waals surface area (Å²) in [5.41, 5.74) is 1.24. The van der Waals surface area contributed by atoms with Crippen molar-refractivity contribution in [1.29, 1.82) is 0 Å². The van der Waals surface area contributed by atoms with Gasteiger partial charge in [0.25, 0.3) is 0 Å². The van der Waals surface area contributed by atoms with Gasteiger partial charge in [0.2, 0.25) is 16.0 Å². The van der Waals surface area contributed by atoms with Crippen LogP contribution in [-0.2, 0) is 24.2 Å². The Bertz CT molecular complexity index is 1290. The first kappa shape index (κ1) is 26.7. The normalized spacial score (nSPS) is 17.7. The Morgan fingerprint density at radius 2 is 1.76 bits per heavy atom. The Balaban J connectivity index is 1.78. The molecule has 1 saturated heterocycles. The number of hydrogen-bond donors (Lipinski definition) is 1. The van der Waals surface area contributed by atoms with Crippen LogP contribution in [0.2, 0.25) is 0 Å². The molecule has 3 heterocycles. The highest BCUT2D eigenvalue weighted by Gasteiger charge is 2.36. The van der Waals surface area contributed by atoms with Crippen LogP contribution in [0, 0.1) is 6.92 Å². The molecule has 13 nitrogen and oxygen atoms in total. The van der Waals surface area contributed by atoms with Crippen LogP contribution in [0.25, 0.3) is 5.69 Å². The van der Waals surface area contributed by atoms with Crippen LogP contribution in [0.4, 0.5) is 5.95 Å². The minimum atomic E-state index is -4.10. The molecule has 14 heteroatoms. The highest BCUT2D eigenvalue weighted by Crippen LogP contribution is 2.37. The number of anilines is 1. The van der Waals surface area contributed by atoms with Gasteiger partial charge in [-0.25, -0.2) is 18.4 Å². The first-order valence-electron chi connectivity index (χ1n) is 11.5. The molecule has 1 N–H and O–H groups in total. The Labute approximate surface area is 215 Å². The molecule has 2 unspecified atom stereocenters. The van der Waals surface area contributed by atoms with Crippen molar-refractivity contribution in [2.45, 2.75) is 31.3 Å². The lowest BCUT2D eigenvalue weighted by Gasteiger charge is -2.25. The predicted molar refractivity (Wildman–Crippen MR) is 132 cm³/mol. The molecule has 1 aliphatic rings. The highest BCUT2D eigenvalue weighted by molar-refractivity contribution is 7.93. The molecule has 1 aromatic carbocycles. The first-order chi connectivity index (χ1) is 17.8. The molecule has 200 valence electrons. The summed E-state index contributed by atoms with van der Waals surface area (Å²) in [6.07, 6.45) is 1.66. The van der Waals surface area contributed by atoms with Gasteiger partial charge in [-0.1, -0.05) is 6.07 Å². The molecule has 0 spiro atoms. The zero-order chi connectivity index (χ0) is 26.6. The van der Waals surface area contributed by atoms with Crippen LogP contribution < -0.4 is 14.2 Å². The van der Waals surface area contributed by atoms with Gasteiger partial charge in [0.1, 0.15) is 34.6 Å². The van der Waals surface area contributed by atoms with Gasteiger partial charge in [-0.2, -0.15) is 0 Å². The molecule has 3 aromatic rings. The molecule has 0 saturated carbocycles. The van der Waals surface area contributed by atoms with E-state index in [1.165, 1.54) is 32.8 Å². The lowest BCUT2D eigenvalue weighted by atomic mass is 10.2. The number of hydrogen-bond acceptors (Lipinski definition) is 11. The van der Waals surface area contributed by atoms with Crippen molar-refractivity contribution in [3.8, 4) is 17.2 Å². The molecule has 0 bridgehead atoms. The van der Waals surface area contributed by atoms with Gasteiger partial charge in [-0.15, -0.1) is 10.2 Å². The smallest absolute Gasteiger partial charge is 0.243 e. The van der Waals surface area contributed by atoms with Crippen LogP contribution in [0.1, 0.15) is 36.3 Å². The average molecular weight is 535 g/mol. The van der Waals surface area contributed by atoms with Gasteiger partial charge in [0.15, 0.2) is 11.6 Å². The van der Waals surface area contributed by atoms with E-state index < -0.39 is 27.5 Å². The number of methoxy groups -OCH3 is 3. The number of benzene rings is 1. The summed E-state index contributed by atoms with van der Waals surface area (Å²) in [6, 6.07) is 5.19. The number of sulfonamides is 1. The fourth-order valence-corrected chi connectivity index (χ4v) is 5.05. The number of rotatable bonds is 10. The third-order valence-corrected chi connectivity index (χ3v) is 7.57. The van der Waals surface area contributed by atoms with Gasteiger partial charge in [-0.3, -0.25) is 9.29 Å². The number of nitrogens with one attached hydrogen (secondary N) is 1. The van der Waals surface area contributed by atoms with Crippen molar-refractivity contribution in [3.05, 3.63) is 47.8 Å². The molecule has 1 aliphatic heterocycles. The van der Waals surface area contributed by atoms with Crippen molar-refractivity contribution in [3.63, 3.8) is 0 Å². The van der Waals surface area contributed by atoms with E-state index in [0.717, 1.165) is 5.56 Å². The van der Waals surface area contributed by atoms with Gasteiger partial charge in [-0.05, 0) is 31.5 Å². The number of nitrogens with zero attached hydrogens (tertiary/aromatic N) is 5. The summed E-state index contributed by atoms with van der Waals surface area (Å²) in [7, 11) is 0.300. The van der Waals surface area contributed by atoms with E-state index in [0.29, 0.717) is 36.2 Å². The molecule has 4 rings (SSSR count). The monoisotopic (exact) mass is 534 g/mol. The summed E-state index contributed by atoms with van der Waals surface area (Å²) in [6.45, 7) is 4.35. The lowest BCUT2D eigenvalue weighted by Crippen LogP contribution is -2.33. The van der Waals surface area contributed by atoms with E-state index in [2.05, 4.69) is 24.9 Å². The molecule has 1 fully saturated rings. The summed E-state index contributed by atoms with van der Waals surface area (Å²) in [4.78, 5) is 8.48. The molecular formula is C23H30N6O7S. The van der Waals surface area contributed by atoms with Crippen molar-refractivity contribution < 1.29 is 32.1 Å². The van der Waals surface area contributed by atoms with Crippen LogP contribution in [0.15, 0.2) is 30.6 Å². The Morgan fingerprint density at radius 1 is 1.08 bits per heavy atom.